The lowest BCUT2D eigenvalue weighted by Gasteiger charge is -2.15. The number of nitrogens with one attached hydrogen (secondary N) is 2. The third-order valence-electron chi connectivity index (χ3n) is 4.62. The highest BCUT2D eigenvalue weighted by Gasteiger charge is 2.20. The molecule has 0 unspecified atom stereocenters. The second-order valence-corrected chi connectivity index (χ2v) is 10.4. The van der Waals surface area contributed by atoms with Gasteiger partial charge < -0.3 is 0 Å². The van der Waals surface area contributed by atoms with Crippen LogP contribution in [0, 0.1) is 38.5 Å². The molecule has 0 aromatic heterocycles. The van der Waals surface area contributed by atoms with Gasteiger partial charge in [0.15, 0.2) is 0 Å². The van der Waals surface area contributed by atoms with Crippen LogP contribution in [-0.2, 0) is 20.0 Å². The Labute approximate surface area is 188 Å². The van der Waals surface area contributed by atoms with E-state index in [0.717, 1.165) is 11.1 Å². The van der Waals surface area contributed by atoms with E-state index in [0.29, 0.717) is 0 Å². The summed E-state index contributed by atoms with van der Waals surface area (Å²) in [6, 6.07) is 15.2. The van der Waals surface area contributed by atoms with Crippen LogP contribution in [0.2, 0.25) is 0 Å². The Kier molecular flexibility index (Phi) is 6.31. The molecule has 2 N–H and O–H groups in total. The third-order valence-corrected chi connectivity index (χ3v) is 7.38. The molecule has 0 amide bonds. The van der Waals surface area contributed by atoms with Crippen LogP contribution in [0.15, 0.2) is 70.5 Å². The normalized spacial score (nSPS) is 11.2. The van der Waals surface area contributed by atoms with Crippen molar-refractivity contribution < 1.29 is 16.8 Å². The van der Waals surface area contributed by atoms with E-state index in [2.05, 4.69) is 21.3 Å². The second kappa shape index (κ2) is 8.80. The second-order valence-electron chi connectivity index (χ2n) is 7.07. The summed E-state index contributed by atoms with van der Waals surface area (Å²) in [6.07, 6.45) is 11.1. The van der Waals surface area contributed by atoms with Gasteiger partial charge in [0.1, 0.15) is 0 Å². The topological polar surface area (TPSA) is 92.3 Å². The van der Waals surface area contributed by atoms with Crippen molar-refractivity contribution in [3.63, 3.8) is 0 Å². The van der Waals surface area contributed by atoms with Gasteiger partial charge in [0.05, 0.1) is 21.2 Å². The predicted molar refractivity (Wildman–Crippen MR) is 126 cm³/mol. The molecule has 8 heteroatoms. The summed E-state index contributed by atoms with van der Waals surface area (Å²) >= 11 is 0. The fourth-order valence-corrected chi connectivity index (χ4v) is 4.99. The molecule has 3 aromatic rings. The molecule has 0 spiro atoms. The van der Waals surface area contributed by atoms with Crippen LogP contribution in [0.4, 0.5) is 11.4 Å². The van der Waals surface area contributed by atoms with E-state index in [9.17, 15) is 16.8 Å². The van der Waals surface area contributed by atoms with Gasteiger partial charge in [0.25, 0.3) is 20.0 Å². The van der Waals surface area contributed by atoms with Crippen molar-refractivity contribution >= 4 is 31.4 Å². The SMILES string of the molecule is C#Cc1cc(C#C)c(NS(=O)(=O)c2ccc(C)cc2)cc1NS(=O)(=O)c1ccc(C)cc1. The number of hydrogen-bond donors (Lipinski definition) is 2. The standard InChI is InChI=1S/C24H20N2O4S2/c1-5-19-15-20(6-2)24(26-32(29,30)22-13-9-18(4)10-14-22)16-23(19)25-31(27,28)21-11-7-17(3)8-12-21/h1-2,7-16,25-26H,3-4H3. The molecule has 32 heavy (non-hydrogen) atoms. The van der Waals surface area contributed by atoms with Gasteiger partial charge in [0, 0.05) is 11.1 Å². The van der Waals surface area contributed by atoms with Crippen LogP contribution in [-0.4, -0.2) is 16.8 Å². The average molecular weight is 465 g/mol. The van der Waals surface area contributed by atoms with Gasteiger partial charge in [-0.25, -0.2) is 16.8 Å². The van der Waals surface area contributed by atoms with Crippen molar-refractivity contribution in [1.29, 1.82) is 0 Å². The summed E-state index contributed by atoms with van der Waals surface area (Å²) in [7, 11) is -7.95. The summed E-state index contributed by atoms with van der Waals surface area (Å²) in [5.74, 6) is 4.76. The molecule has 0 fully saturated rings. The molecule has 0 aliphatic carbocycles. The molecule has 0 bridgehead atoms. The Morgan fingerprint density at radius 3 is 1.28 bits per heavy atom. The number of benzene rings is 3. The Morgan fingerprint density at radius 2 is 0.969 bits per heavy atom. The van der Waals surface area contributed by atoms with E-state index in [4.69, 9.17) is 12.8 Å². The van der Waals surface area contributed by atoms with Crippen molar-refractivity contribution in [2.24, 2.45) is 0 Å². The number of aryl methyl sites for hydroxylation is 2. The van der Waals surface area contributed by atoms with Crippen LogP contribution in [0.1, 0.15) is 22.3 Å². The molecule has 162 valence electrons. The lowest BCUT2D eigenvalue weighted by atomic mass is 10.1. The van der Waals surface area contributed by atoms with Gasteiger partial charge in [-0.2, -0.15) is 0 Å². The molecule has 0 saturated heterocycles. The fraction of sp³-hybridized carbons (Fsp3) is 0.0833. The molecule has 3 aromatic carbocycles. The van der Waals surface area contributed by atoms with E-state index in [1.54, 1.807) is 24.3 Å². The first-order valence-electron chi connectivity index (χ1n) is 9.36. The lowest BCUT2D eigenvalue weighted by Crippen LogP contribution is -2.16. The molecular formula is C24H20N2O4S2. The maximum atomic E-state index is 12.8. The highest BCUT2D eigenvalue weighted by Crippen LogP contribution is 2.29. The van der Waals surface area contributed by atoms with Gasteiger partial charge in [-0.05, 0) is 50.2 Å². The van der Waals surface area contributed by atoms with Gasteiger partial charge in [-0.3, -0.25) is 9.44 Å². The maximum absolute atomic E-state index is 12.8. The maximum Gasteiger partial charge on any atom is 0.261 e. The Balaban J connectivity index is 2.04. The number of hydrogen-bond acceptors (Lipinski definition) is 4. The van der Waals surface area contributed by atoms with Crippen LogP contribution in [0.5, 0.6) is 0 Å². The smallest absolute Gasteiger partial charge is 0.261 e. The van der Waals surface area contributed by atoms with E-state index in [1.807, 2.05) is 13.8 Å². The predicted octanol–water partition coefficient (Wildman–Crippen LogP) is 3.87. The van der Waals surface area contributed by atoms with Gasteiger partial charge in [0.2, 0.25) is 0 Å². The first-order chi connectivity index (χ1) is 15.1. The minimum Gasteiger partial charge on any atom is -0.278 e. The van der Waals surface area contributed by atoms with E-state index < -0.39 is 20.0 Å². The summed E-state index contributed by atoms with van der Waals surface area (Å²) in [5.41, 5.74) is 2.19. The summed E-state index contributed by atoms with van der Waals surface area (Å²) in [4.78, 5) is 0.0720. The average Bonchev–Trinajstić information content (AvgIpc) is 2.74. The Morgan fingerprint density at radius 1 is 0.625 bits per heavy atom. The summed E-state index contributed by atoms with van der Waals surface area (Å²) in [5, 5.41) is 0. The highest BCUT2D eigenvalue weighted by molar-refractivity contribution is 7.93. The molecule has 0 heterocycles. The number of anilines is 2. The van der Waals surface area contributed by atoms with Gasteiger partial charge >= 0.3 is 0 Å². The van der Waals surface area contributed by atoms with Crippen LogP contribution < -0.4 is 9.44 Å². The molecular weight excluding hydrogens is 444 g/mol. The molecule has 0 saturated carbocycles. The Bertz CT molecular complexity index is 1350. The summed E-state index contributed by atoms with van der Waals surface area (Å²) < 4.78 is 56.2. The van der Waals surface area contributed by atoms with Crippen molar-refractivity contribution in [2.45, 2.75) is 23.6 Å². The van der Waals surface area contributed by atoms with Gasteiger partial charge in [-0.15, -0.1) is 12.8 Å². The third kappa shape index (κ3) is 4.94. The monoisotopic (exact) mass is 464 g/mol. The quantitative estimate of drug-likeness (QED) is 0.542. The van der Waals surface area contributed by atoms with Crippen LogP contribution in [0.25, 0.3) is 0 Å². The molecule has 0 aliphatic rings. The van der Waals surface area contributed by atoms with Crippen molar-refractivity contribution in [2.75, 3.05) is 9.44 Å². The summed E-state index contributed by atoms with van der Waals surface area (Å²) in [6.45, 7) is 3.68. The lowest BCUT2D eigenvalue weighted by molar-refractivity contribution is 0.599. The first-order valence-corrected chi connectivity index (χ1v) is 12.3. The van der Waals surface area contributed by atoms with Crippen LogP contribution >= 0.6 is 0 Å². The number of sulfonamides is 2. The largest absolute Gasteiger partial charge is 0.278 e. The minimum atomic E-state index is -3.97. The first kappa shape index (κ1) is 23.0. The van der Waals surface area contributed by atoms with E-state index in [-0.39, 0.29) is 32.3 Å². The van der Waals surface area contributed by atoms with Gasteiger partial charge in [-0.1, -0.05) is 47.2 Å². The molecule has 0 aliphatic heterocycles. The zero-order valence-corrected chi connectivity index (χ0v) is 19.0. The molecule has 0 radical (unpaired) electrons. The van der Waals surface area contributed by atoms with E-state index in [1.165, 1.54) is 36.4 Å². The van der Waals surface area contributed by atoms with Crippen molar-refractivity contribution in [3.05, 3.63) is 82.9 Å². The zero-order chi connectivity index (χ0) is 23.5. The van der Waals surface area contributed by atoms with Crippen LogP contribution in [0.3, 0.4) is 0 Å². The fourth-order valence-electron chi connectivity index (χ4n) is 2.85. The van der Waals surface area contributed by atoms with Crippen molar-refractivity contribution in [1.82, 2.24) is 0 Å². The number of terminal acetylenes is 2. The highest BCUT2D eigenvalue weighted by atomic mass is 32.2. The van der Waals surface area contributed by atoms with Crippen molar-refractivity contribution in [3.8, 4) is 24.7 Å². The Hall–Kier alpha value is -3.72. The molecule has 3 rings (SSSR count). The number of rotatable bonds is 6. The zero-order valence-electron chi connectivity index (χ0n) is 17.4. The molecule has 6 nitrogen and oxygen atoms in total. The minimum absolute atomic E-state index is 0.0219. The molecule has 0 atom stereocenters. The van der Waals surface area contributed by atoms with E-state index >= 15 is 0 Å².